The molecule has 0 spiro atoms. The van der Waals surface area contributed by atoms with Gasteiger partial charge in [0.2, 0.25) is 15.9 Å². The number of sulfonamides is 1. The molecule has 8 heteroatoms. The lowest BCUT2D eigenvalue weighted by Crippen LogP contribution is -2.29. The monoisotopic (exact) mass is 322 g/mol. The van der Waals surface area contributed by atoms with E-state index in [-0.39, 0.29) is 24.0 Å². The highest BCUT2D eigenvalue weighted by Gasteiger charge is 2.31. The summed E-state index contributed by atoms with van der Waals surface area (Å²) >= 11 is 0. The number of nitrogens with two attached hydrogens (primary N) is 1. The molecule has 118 valence electrons. The van der Waals surface area contributed by atoms with Gasteiger partial charge in [-0.25, -0.2) is 18.5 Å². The summed E-state index contributed by atoms with van der Waals surface area (Å²) in [6.45, 7) is 1.02. The fraction of sp³-hybridized carbons (Fsp3) is 0.429. The van der Waals surface area contributed by atoms with Gasteiger partial charge < -0.3 is 9.88 Å². The van der Waals surface area contributed by atoms with Gasteiger partial charge in [-0.3, -0.25) is 4.79 Å². The minimum Gasteiger partial charge on any atom is -0.346 e. The Morgan fingerprint density at radius 1 is 1.45 bits per heavy atom. The molecule has 1 unspecified atom stereocenters. The van der Waals surface area contributed by atoms with Crippen LogP contribution < -0.4 is 5.14 Å². The lowest BCUT2D eigenvalue weighted by Gasteiger charge is -2.16. The normalized spacial score (nSPS) is 19.2. The highest BCUT2D eigenvalue weighted by Crippen LogP contribution is 2.20. The lowest BCUT2D eigenvalue weighted by atomic mass is 10.1. The molecule has 1 saturated heterocycles. The second kappa shape index (κ2) is 5.69. The number of H-pyrrole nitrogens is 1. The Bertz CT molecular complexity index is 799. The molecule has 1 amide bonds. The number of aromatic amines is 1. The van der Waals surface area contributed by atoms with Gasteiger partial charge in [-0.05, 0) is 24.1 Å². The highest BCUT2D eigenvalue weighted by molar-refractivity contribution is 7.89. The first kappa shape index (κ1) is 15.0. The average Bonchev–Trinajstić information content (AvgIpc) is 3.00. The summed E-state index contributed by atoms with van der Waals surface area (Å²) in [5.74, 6) is -0.344. The van der Waals surface area contributed by atoms with Gasteiger partial charge in [-0.1, -0.05) is 0 Å². The van der Waals surface area contributed by atoms with Gasteiger partial charge in [0.25, 0.3) is 0 Å². The Balaban J connectivity index is 1.60. The van der Waals surface area contributed by atoms with Gasteiger partial charge >= 0.3 is 0 Å². The largest absolute Gasteiger partial charge is 0.346 e. The first-order valence-electron chi connectivity index (χ1n) is 7.11. The molecule has 1 fully saturated rings. The molecular formula is C14H18N4O3S. The van der Waals surface area contributed by atoms with Crippen LogP contribution in [0.25, 0.3) is 11.0 Å². The number of hydrogen-bond donors (Lipinski definition) is 2. The van der Waals surface area contributed by atoms with Crippen molar-refractivity contribution in [1.29, 1.82) is 0 Å². The third-order valence-corrected chi connectivity index (χ3v) is 4.83. The van der Waals surface area contributed by atoms with Crippen LogP contribution in [0.1, 0.15) is 12.0 Å². The van der Waals surface area contributed by atoms with Gasteiger partial charge in [-0.15, -0.1) is 0 Å². The van der Waals surface area contributed by atoms with E-state index in [0.717, 1.165) is 16.6 Å². The number of nitrogens with zero attached hydrogens (tertiary/aromatic N) is 2. The quantitative estimate of drug-likeness (QED) is 0.822. The van der Waals surface area contributed by atoms with Crippen molar-refractivity contribution in [3.63, 3.8) is 0 Å². The first-order chi connectivity index (χ1) is 10.4. The number of hydrogen-bond acceptors (Lipinski definition) is 4. The maximum absolute atomic E-state index is 11.9. The summed E-state index contributed by atoms with van der Waals surface area (Å²) < 4.78 is 22.2. The summed E-state index contributed by atoms with van der Waals surface area (Å²) in [5, 5.41) is 6.08. The zero-order chi connectivity index (χ0) is 15.7. The molecule has 3 N–H and O–H groups in total. The van der Waals surface area contributed by atoms with Gasteiger partial charge in [0, 0.05) is 43.2 Å². The van der Waals surface area contributed by atoms with Gasteiger partial charge in [0.15, 0.2) is 0 Å². The molecule has 2 aromatic rings. The average molecular weight is 322 g/mol. The van der Waals surface area contributed by atoms with Crippen LogP contribution in [-0.2, 0) is 21.2 Å². The number of nitrogens with one attached hydrogen (secondary N) is 1. The number of pyridine rings is 1. The lowest BCUT2D eigenvalue weighted by molar-refractivity contribution is -0.127. The third-order valence-electron chi connectivity index (χ3n) is 3.89. The van der Waals surface area contributed by atoms with Crippen LogP contribution in [0.2, 0.25) is 0 Å². The summed E-state index contributed by atoms with van der Waals surface area (Å²) in [6, 6.07) is 4.00. The SMILES string of the molecule is NS(=O)(=O)CC1CC(=O)N(CCc2cnc3[nH]ccc3c2)C1. The predicted octanol–water partition coefficient (Wildman–Crippen LogP) is 0.242. The summed E-state index contributed by atoms with van der Waals surface area (Å²) in [6.07, 6.45) is 4.58. The van der Waals surface area contributed by atoms with E-state index in [4.69, 9.17) is 5.14 Å². The number of rotatable bonds is 5. The van der Waals surface area contributed by atoms with Crippen LogP contribution in [0.4, 0.5) is 0 Å². The van der Waals surface area contributed by atoms with E-state index in [9.17, 15) is 13.2 Å². The Morgan fingerprint density at radius 3 is 3.05 bits per heavy atom. The van der Waals surface area contributed by atoms with Crippen molar-refractivity contribution < 1.29 is 13.2 Å². The summed E-state index contributed by atoms with van der Waals surface area (Å²) in [4.78, 5) is 21.0. The van der Waals surface area contributed by atoms with Crippen LogP contribution in [-0.4, -0.2) is 48.0 Å². The molecule has 7 nitrogen and oxygen atoms in total. The summed E-state index contributed by atoms with van der Waals surface area (Å²) in [7, 11) is -3.53. The van der Waals surface area contributed by atoms with Crippen molar-refractivity contribution >= 4 is 27.0 Å². The van der Waals surface area contributed by atoms with E-state index < -0.39 is 10.0 Å². The highest BCUT2D eigenvalue weighted by atomic mass is 32.2. The number of amides is 1. The minimum atomic E-state index is -3.53. The predicted molar refractivity (Wildman–Crippen MR) is 82.5 cm³/mol. The molecule has 1 atom stereocenters. The zero-order valence-electron chi connectivity index (χ0n) is 12.0. The van der Waals surface area contributed by atoms with Crippen LogP contribution in [0.5, 0.6) is 0 Å². The van der Waals surface area contributed by atoms with Crippen LogP contribution in [0, 0.1) is 5.92 Å². The molecule has 0 radical (unpaired) electrons. The fourth-order valence-electron chi connectivity index (χ4n) is 2.90. The second-order valence-corrected chi connectivity index (χ2v) is 7.41. The van der Waals surface area contributed by atoms with Crippen LogP contribution in [0.3, 0.4) is 0 Å². The number of primary sulfonamides is 1. The molecule has 2 aromatic heterocycles. The van der Waals surface area contributed by atoms with Crippen molar-refractivity contribution in [3.05, 3.63) is 30.1 Å². The Kier molecular flexibility index (Phi) is 3.88. The number of fused-ring (bicyclic) bond motifs is 1. The second-order valence-electron chi connectivity index (χ2n) is 5.75. The van der Waals surface area contributed by atoms with Crippen molar-refractivity contribution in [2.75, 3.05) is 18.8 Å². The Hall–Kier alpha value is -1.93. The standard InChI is InChI=1S/C14H18N4O3S/c15-22(20,21)9-11-6-13(19)18(8-11)4-2-10-5-12-1-3-16-14(12)17-7-10/h1,3,5,7,11H,2,4,6,8-9H2,(H,16,17)(H2,15,20,21). The van der Waals surface area contributed by atoms with Gasteiger partial charge in [-0.2, -0.15) is 0 Å². The van der Waals surface area contributed by atoms with Crippen molar-refractivity contribution in [3.8, 4) is 0 Å². The van der Waals surface area contributed by atoms with Crippen molar-refractivity contribution in [2.24, 2.45) is 11.1 Å². The Labute approximate surface area is 128 Å². The number of carbonyl (C=O) groups excluding carboxylic acids is 1. The van der Waals surface area contributed by atoms with E-state index in [0.29, 0.717) is 19.5 Å². The van der Waals surface area contributed by atoms with Crippen LogP contribution in [0.15, 0.2) is 24.5 Å². The smallest absolute Gasteiger partial charge is 0.222 e. The van der Waals surface area contributed by atoms with Crippen LogP contribution >= 0.6 is 0 Å². The number of likely N-dealkylation sites (tertiary alicyclic amines) is 1. The topological polar surface area (TPSA) is 109 Å². The molecule has 3 rings (SSSR count). The molecule has 3 heterocycles. The molecule has 22 heavy (non-hydrogen) atoms. The van der Waals surface area contributed by atoms with E-state index in [2.05, 4.69) is 9.97 Å². The van der Waals surface area contributed by atoms with E-state index >= 15 is 0 Å². The van der Waals surface area contributed by atoms with E-state index in [1.807, 2.05) is 18.3 Å². The number of carbonyl (C=O) groups is 1. The van der Waals surface area contributed by atoms with Gasteiger partial charge in [0.05, 0.1) is 5.75 Å². The van der Waals surface area contributed by atoms with E-state index in [1.54, 1.807) is 11.1 Å². The minimum absolute atomic E-state index is 0.00988. The zero-order valence-corrected chi connectivity index (χ0v) is 12.8. The van der Waals surface area contributed by atoms with Crippen molar-refractivity contribution in [1.82, 2.24) is 14.9 Å². The molecule has 1 aliphatic rings. The third kappa shape index (κ3) is 3.45. The maximum Gasteiger partial charge on any atom is 0.222 e. The fourth-order valence-corrected chi connectivity index (χ4v) is 3.78. The molecular weight excluding hydrogens is 304 g/mol. The number of aromatic nitrogens is 2. The van der Waals surface area contributed by atoms with E-state index in [1.165, 1.54) is 0 Å². The molecule has 0 saturated carbocycles. The Morgan fingerprint density at radius 2 is 2.27 bits per heavy atom. The van der Waals surface area contributed by atoms with Gasteiger partial charge in [0.1, 0.15) is 5.65 Å². The van der Waals surface area contributed by atoms with Crippen molar-refractivity contribution in [2.45, 2.75) is 12.8 Å². The molecule has 0 aromatic carbocycles. The maximum atomic E-state index is 11.9. The summed E-state index contributed by atoms with van der Waals surface area (Å²) in [5.41, 5.74) is 1.89. The first-order valence-corrected chi connectivity index (χ1v) is 8.82. The molecule has 0 bridgehead atoms. The molecule has 0 aliphatic carbocycles. The molecule has 1 aliphatic heterocycles.